The van der Waals surface area contributed by atoms with E-state index < -0.39 is 38.0 Å². The maximum atomic E-state index is 13.9. The van der Waals surface area contributed by atoms with Crippen molar-refractivity contribution >= 4 is 33.0 Å². The summed E-state index contributed by atoms with van der Waals surface area (Å²) in [6.45, 7) is 1.05. The van der Waals surface area contributed by atoms with Gasteiger partial charge in [-0.15, -0.1) is 0 Å². The van der Waals surface area contributed by atoms with Crippen LogP contribution in [-0.4, -0.2) is 59.9 Å². The fourth-order valence-corrected chi connectivity index (χ4v) is 5.49. The van der Waals surface area contributed by atoms with Gasteiger partial charge >= 0.3 is 0 Å². The van der Waals surface area contributed by atoms with E-state index in [0.29, 0.717) is 34.9 Å². The third-order valence-electron chi connectivity index (χ3n) is 5.94. The Bertz CT molecular complexity index is 1560. The van der Waals surface area contributed by atoms with Gasteiger partial charge in [0.05, 0.1) is 44.8 Å². The number of para-hydroxylation sites is 1. The number of sulfonamides is 1. The molecule has 1 amide bonds. The molecule has 0 atom stereocenters. The zero-order valence-corrected chi connectivity index (χ0v) is 23.9. The van der Waals surface area contributed by atoms with Crippen molar-refractivity contribution in [1.82, 2.24) is 5.43 Å². The second-order valence-electron chi connectivity index (χ2n) is 8.29. The van der Waals surface area contributed by atoms with E-state index in [1.165, 1.54) is 58.8 Å². The highest BCUT2D eigenvalue weighted by atomic mass is 32.2. The Hall–Kier alpha value is -4.85. The smallest absolute Gasteiger partial charge is 0.289 e. The number of ether oxygens (including phenoxy) is 4. The number of methoxy groups -OCH3 is 4. The Kier molecular flexibility index (Phi) is 10.1. The molecule has 3 aromatic rings. The number of rotatable bonds is 13. The first-order valence-electron chi connectivity index (χ1n) is 12.2. The van der Waals surface area contributed by atoms with Crippen LogP contribution in [0.2, 0.25) is 0 Å². The Morgan fingerprint density at radius 1 is 0.927 bits per heavy atom. The highest BCUT2D eigenvalue weighted by Gasteiger charge is 2.34. The van der Waals surface area contributed by atoms with Gasteiger partial charge in [-0.2, -0.15) is 5.10 Å². The third kappa shape index (κ3) is 6.84. The summed E-state index contributed by atoms with van der Waals surface area (Å²) in [6, 6.07) is 14.3. The Morgan fingerprint density at radius 3 is 2.22 bits per heavy atom. The van der Waals surface area contributed by atoms with Gasteiger partial charge in [0.25, 0.3) is 21.6 Å². The van der Waals surface area contributed by atoms with Gasteiger partial charge in [-0.3, -0.25) is 19.2 Å². The number of nitro groups is 1. The van der Waals surface area contributed by atoms with E-state index >= 15 is 0 Å². The van der Waals surface area contributed by atoms with Gasteiger partial charge < -0.3 is 18.9 Å². The molecule has 0 bridgehead atoms. The van der Waals surface area contributed by atoms with Crippen LogP contribution >= 0.6 is 0 Å². The summed E-state index contributed by atoms with van der Waals surface area (Å²) in [5, 5.41) is 15.9. The van der Waals surface area contributed by atoms with E-state index in [-0.39, 0.29) is 11.4 Å². The highest BCUT2D eigenvalue weighted by Crippen LogP contribution is 2.37. The summed E-state index contributed by atoms with van der Waals surface area (Å²) in [5.41, 5.74) is 2.83. The summed E-state index contributed by atoms with van der Waals surface area (Å²) < 4.78 is 49.6. The lowest BCUT2D eigenvalue weighted by Gasteiger charge is -2.25. The highest BCUT2D eigenvalue weighted by molar-refractivity contribution is 7.93. The van der Waals surface area contributed by atoms with Crippen LogP contribution in [0.5, 0.6) is 23.0 Å². The first-order valence-corrected chi connectivity index (χ1v) is 13.6. The summed E-state index contributed by atoms with van der Waals surface area (Å²) in [7, 11) is 1.08. The van der Waals surface area contributed by atoms with E-state index in [1.807, 2.05) is 6.92 Å². The van der Waals surface area contributed by atoms with Crippen molar-refractivity contribution in [2.75, 3.05) is 39.3 Å². The number of hydrogen-bond donors (Lipinski definition) is 1. The molecule has 1 N–H and O–H groups in total. The largest absolute Gasteiger partial charge is 0.497 e. The molecule has 0 saturated carbocycles. The van der Waals surface area contributed by atoms with Gasteiger partial charge in [0.2, 0.25) is 0 Å². The molecule has 0 aliphatic rings. The van der Waals surface area contributed by atoms with E-state index in [4.69, 9.17) is 18.9 Å². The Balaban J connectivity index is 2.04. The number of hydrazone groups is 1. The fourth-order valence-electron chi connectivity index (χ4n) is 3.89. The quantitative estimate of drug-likeness (QED) is 0.179. The molecule has 0 spiro atoms. The number of anilines is 1. The van der Waals surface area contributed by atoms with E-state index in [2.05, 4.69) is 10.5 Å². The van der Waals surface area contributed by atoms with Gasteiger partial charge in [0, 0.05) is 17.7 Å². The molecule has 41 heavy (non-hydrogen) atoms. The van der Waals surface area contributed by atoms with E-state index in [0.717, 1.165) is 16.4 Å². The lowest BCUT2D eigenvalue weighted by molar-refractivity contribution is -0.387. The molecule has 0 fully saturated rings. The van der Waals surface area contributed by atoms with Gasteiger partial charge in [-0.05, 0) is 42.8 Å². The van der Waals surface area contributed by atoms with Crippen LogP contribution in [0.15, 0.2) is 70.7 Å². The SMILES string of the molecule is CC/C(=N/NC(=O)CN(c1ccc(OC)cc1OC)S(=O)(=O)c1ccccc1[N+](=O)[O-])c1ccc(OC)c(OC)c1. The number of hydrogen-bond acceptors (Lipinski definition) is 10. The lowest BCUT2D eigenvalue weighted by Crippen LogP contribution is -2.40. The average molecular weight is 587 g/mol. The second-order valence-corrected chi connectivity index (χ2v) is 10.1. The van der Waals surface area contributed by atoms with Gasteiger partial charge in [-0.25, -0.2) is 13.8 Å². The predicted molar refractivity (Wildman–Crippen MR) is 152 cm³/mol. The van der Waals surface area contributed by atoms with Crippen molar-refractivity contribution in [3.05, 3.63) is 76.3 Å². The standard InChI is InChI=1S/C27H30N4O9S/c1-6-20(18-11-14-23(38-3)25(15-18)40-5)28-29-27(32)17-30(21-13-12-19(37-2)16-24(21)39-4)41(35,36)26-10-8-7-9-22(26)31(33)34/h7-16H,6,17H2,1-5H3,(H,29,32)/b28-20-. The zero-order valence-electron chi connectivity index (χ0n) is 23.1. The molecule has 13 nitrogen and oxygen atoms in total. The molecule has 14 heteroatoms. The van der Waals surface area contributed by atoms with Gasteiger partial charge in [-0.1, -0.05) is 19.1 Å². The molecular formula is C27H30N4O9S. The maximum Gasteiger partial charge on any atom is 0.289 e. The molecule has 0 heterocycles. The van der Waals surface area contributed by atoms with E-state index in [1.54, 1.807) is 18.2 Å². The molecule has 3 rings (SSSR count). The molecule has 0 unspecified atom stereocenters. The second kappa shape index (κ2) is 13.5. The molecule has 0 aliphatic carbocycles. The normalized spacial score (nSPS) is 11.4. The molecule has 218 valence electrons. The summed E-state index contributed by atoms with van der Waals surface area (Å²) in [5.74, 6) is 0.592. The number of carbonyl (C=O) groups excluding carboxylic acids is 1. The van der Waals surface area contributed by atoms with Crippen molar-refractivity contribution in [1.29, 1.82) is 0 Å². The minimum Gasteiger partial charge on any atom is -0.497 e. The minimum absolute atomic E-state index is 0.0406. The fraction of sp³-hybridized carbons (Fsp3) is 0.259. The van der Waals surface area contributed by atoms with Crippen LogP contribution < -0.4 is 28.7 Å². The summed E-state index contributed by atoms with van der Waals surface area (Å²) in [4.78, 5) is 23.4. The number of nitrogens with zero attached hydrogens (tertiary/aromatic N) is 3. The number of benzene rings is 3. The van der Waals surface area contributed by atoms with Crippen molar-refractivity contribution in [3.8, 4) is 23.0 Å². The lowest BCUT2D eigenvalue weighted by atomic mass is 10.1. The van der Waals surface area contributed by atoms with Crippen molar-refractivity contribution in [2.24, 2.45) is 5.10 Å². The Morgan fingerprint density at radius 2 is 1.61 bits per heavy atom. The minimum atomic E-state index is -4.66. The number of nitro benzene ring substituents is 1. The topological polar surface area (TPSA) is 159 Å². The third-order valence-corrected chi connectivity index (χ3v) is 7.75. The van der Waals surface area contributed by atoms with Crippen LogP contribution in [0.3, 0.4) is 0 Å². The predicted octanol–water partition coefficient (Wildman–Crippen LogP) is 3.76. The molecule has 3 aromatic carbocycles. The molecule has 0 aliphatic heterocycles. The maximum absolute atomic E-state index is 13.9. The number of carbonyl (C=O) groups is 1. The zero-order chi connectivity index (χ0) is 30.2. The molecule has 0 aromatic heterocycles. The molecule has 0 radical (unpaired) electrons. The van der Waals surface area contributed by atoms with E-state index in [9.17, 15) is 23.3 Å². The molecule has 0 saturated heterocycles. The monoisotopic (exact) mass is 586 g/mol. The number of amides is 1. The van der Waals surface area contributed by atoms with Crippen LogP contribution in [0.4, 0.5) is 11.4 Å². The molecular weight excluding hydrogens is 556 g/mol. The number of nitrogens with one attached hydrogen (secondary N) is 1. The summed E-state index contributed by atoms with van der Waals surface area (Å²) in [6.07, 6.45) is 0.417. The van der Waals surface area contributed by atoms with Crippen LogP contribution in [0.25, 0.3) is 0 Å². The van der Waals surface area contributed by atoms with Crippen molar-refractivity contribution in [2.45, 2.75) is 18.2 Å². The van der Waals surface area contributed by atoms with Crippen LogP contribution in [0, 0.1) is 10.1 Å². The summed E-state index contributed by atoms with van der Waals surface area (Å²) >= 11 is 0. The van der Waals surface area contributed by atoms with Crippen LogP contribution in [-0.2, 0) is 14.8 Å². The Labute approximate surface area is 237 Å². The van der Waals surface area contributed by atoms with Gasteiger partial charge in [0.1, 0.15) is 18.0 Å². The van der Waals surface area contributed by atoms with Gasteiger partial charge in [0.15, 0.2) is 16.4 Å². The average Bonchev–Trinajstić information content (AvgIpc) is 2.99. The van der Waals surface area contributed by atoms with Crippen molar-refractivity contribution in [3.63, 3.8) is 0 Å². The van der Waals surface area contributed by atoms with Crippen molar-refractivity contribution < 1.29 is 37.1 Å². The first kappa shape index (κ1) is 30.7. The van der Waals surface area contributed by atoms with Crippen LogP contribution in [0.1, 0.15) is 18.9 Å². The first-order chi connectivity index (χ1) is 19.6.